The number of non-ortho nitro benzene ring substituents is 2. The maximum Gasteiger partial charge on any atom is 0.328 e. The number of aromatic amines is 1. The van der Waals surface area contributed by atoms with Crippen molar-refractivity contribution in [3.05, 3.63) is 133 Å². The Morgan fingerprint density at radius 1 is 0.694 bits per heavy atom. The Labute approximate surface area is 268 Å². The normalized spacial score (nSPS) is 11.0. The van der Waals surface area contributed by atoms with Crippen LogP contribution in [0.25, 0.3) is 0 Å². The van der Waals surface area contributed by atoms with Gasteiger partial charge in [-0.05, 0) is 30.5 Å². The Balaban J connectivity index is 1.86. The first-order valence-electron chi connectivity index (χ1n) is 12.9. The van der Waals surface area contributed by atoms with Crippen LogP contribution in [-0.2, 0) is 12.8 Å². The van der Waals surface area contributed by atoms with Gasteiger partial charge < -0.3 is 20.4 Å². The summed E-state index contributed by atoms with van der Waals surface area (Å²) in [7, 11) is 0. The van der Waals surface area contributed by atoms with Crippen LogP contribution in [0, 0.1) is 60.7 Å². The van der Waals surface area contributed by atoms with Gasteiger partial charge in [0, 0.05) is 17.1 Å². The molecule has 3 N–H and O–H groups in total. The van der Waals surface area contributed by atoms with Crippen molar-refractivity contribution in [1.82, 2.24) is 15.2 Å². The highest BCUT2D eigenvalue weighted by Crippen LogP contribution is 2.43. The van der Waals surface area contributed by atoms with E-state index in [2.05, 4.69) is 15.0 Å². The fraction of sp³-hybridized carbons (Fsp3) is 0.0833. The quantitative estimate of drug-likeness (QED) is 0.0823. The van der Waals surface area contributed by atoms with E-state index >= 15 is 0 Å². The highest BCUT2D eigenvalue weighted by molar-refractivity contribution is 5.80. The number of hydrogen-bond acceptors (Lipinski definition) is 16. The first-order valence-corrected chi connectivity index (χ1v) is 12.9. The van der Waals surface area contributed by atoms with Gasteiger partial charge >= 0.3 is 34.2 Å². The minimum atomic E-state index is -1.41. The zero-order valence-corrected chi connectivity index (χ0v) is 24.0. The van der Waals surface area contributed by atoms with E-state index in [0.717, 1.165) is 11.3 Å². The lowest BCUT2D eigenvalue weighted by atomic mass is 10.1. The molecule has 1 heterocycles. The number of H-pyrrole nitrogens is 1. The Bertz CT molecular complexity index is 1850. The molecule has 252 valence electrons. The molecule has 0 fully saturated rings. The summed E-state index contributed by atoms with van der Waals surface area (Å²) in [6, 6.07) is 7.10. The predicted octanol–water partition coefficient (Wildman–Crippen LogP) is 3.88. The smallest absolute Gasteiger partial charge is 0.328 e. The van der Waals surface area contributed by atoms with Gasteiger partial charge in [-0.3, -0.25) is 60.7 Å². The van der Waals surface area contributed by atoms with Crippen molar-refractivity contribution in [3.63, 3.8) is 0 Å². The lowest BCUT2D eigenvalue weighted by Gasteiger charge is -2.21. The van der Waals surface area contributed by atoms with Crippen LogP contribution in [0.4, 0.5) is 39.8 Å². The van der Waals surface area contributed by atoms with Crippen LogP contribution in [-0.4, -0.2) is 50.7 Å². The number of nitrogens with two attached hydrogens (primary N) is 1. The topological polar surface area (TPSA) is 348 Å². The summed E-state index contributed by atoms with van der Waals surface area (Å²) in [4.78, 5) is 83.5. The number of nitrogens with zero attached hydrogens (tertiary/aromatic N) is 9. The minimum Gasteiger partial charge on any atom is -0.364 e. The molecular formula is C24H17N11O14. The lowest BCUT2D eigenvalue weighted by Crippen LogP contribution is -2.42. The van der Waals surface area contributed by atoms with Crippen LogP contribution in [0.2, 0.25) is 0 Å². The second-order valence-corrected chi connectivity index (χ2v) is 9.32. The van der Waals surface area contributed by atoms with Crippen molar-refractivity contribution < 1.29 is 39.2 Å². The number of aryl methyl sites for hydroxylation is 2. The van der Waals surface area contributed by atoms with E-state index < -0.39 is 81.1 Å². The maximum absolute atomic E-state index is 11.8. The first kappa shape index (κ1) is 34.0. The van der Waals surface area contributed by atoms with Crippen LogP contribution in [0.3, 0.4) is 0 Å². The highest BCUT2D eigenvalue weighted by atomic mass is 17.0. The molecular weight excluding hydrogens is 666 g/mol. The lowest BCUT2D eigenvalue weighted by molar-refractivity contribution is -0.409. The Morgan fingerprint density at radius 2 is 1.12 bits per heavy atom. The van der Waals surface area contributed by atoms with Crippen molar-refractivity contribution >= 4 is 45.8 Å². The monoisotopic (exact) mass is 683 g/mol. The summed E-state index contributed by atoms with van der Waals surface area (Å²) in [5.74, 6) is -3.82. The van der Waals surface area contributed by atoms with E-state index in [0.29, 0.717) is 12.8 Å². The zero-order chi connectivity index (χ0) is 36.0. The number of hydrogen-bond donors (Lipinski definition) is 2. The summed E-state index contributed by atoms with van der Waals surface area (Å²) < 4.78 is 0. The van der Waals surface area contributed by atoms with Crippen molar-refractivity contribution in [2.75, 3.05) is 0 Å². The van der Waals surface area contributed by atoms with Crippen LogP contribution in [0.15, 0.2) is 66.0 Å². The number of aromatic nitrogens is 2. The van der Waals surface area contributed by atoms with Gasteiger partial charge in [0.05, 0.1) is 65.8 Å². The molecule has 25 nitrogen and oxygen atoms in total. The summed E-state index contributed by atoms with van der Waals surface area (Å²) >= 11 is 0. The molecule has 0 saturated carbocycles. The molecule has 0 aliphatic carbocycles. The Hall–Kier alpha value is -7.86. The summed E-state index contributed by atoms with van der Waals surface area (Å²) in [5, 5.41) is 69.7. The van der Waals surface area contributed by atoms with Gasteiger partial charge in [0.1, 0.15) is 0 Å². The number of aliphatic imine (C=N–C) groups is 1. The molecule has 0 saturated heterocycles. The molecule has 4 rings (SSSR count). The van der Waals surface area contributed by atoms with E-state index in [9.17, 15) is 60.7 Å². The fourth-order valence-electron chi connectivity index (χ4n) is 4.00. The third-order valence-corrected chi connectivity index (χ3v) is 6.23. The molecule has 0 aliphatic heterocycles. The number of nitrogens with one attached hydrogen (secondary N) is 1. The molecule has 0 amide bonds. The molecule has 49 heavy (non-hydrogen) atoms. The van der Waals surface area contributed by atoms with Crippen LogP contribution >= 0.6 is 0 Å². The van der Waals surface area contributed by atoms with E-state index in [1.54, 1.807) is 18.3 Å². The molecule has 0 aliphatic rings. The van der Waals surface area contributed by atoms with Crippen LogP contribution in [0.5, 0.6) is 11.5 Å². The van der Waals surface area contributed by atoms with Gasteiger partial charge in [-0.25, -0.2) is 9.98 Å². The molecule has 0 bridgehead atoms. The van der Waals surface area contributed by atoms with E-state index in [1.807, 2.05) is 0 Å². The van der Waals surface area contributed by atoms with Gasteiger partial charge in [-0.15, -0.1) is 0 Å². The van der Waals surface area contributed by atoms with E-state index in [-0.39, 0.29) is 35.2 Å². The number of hydroxylamine groups is 2. The molecule has 0 spiro atoms. The number of rotatable bonds is 14. The fourth-order valence-corrected chi connectivity index (χ4v) is 4.00. The number of nitro benzene ring substituents is 6. The van der Waals surface area contributed by atoms with E-state index in [1.165, 1.54) is 18.5 Å². The maximum atomic E-state index is 11.8. The molecule has 0 atom stereocenters. The first-order chi connectivity index (χ1) is 23.2. The Morgan fingerprint density at radius 3 is 1.47 bits per heavy atom. The molecule has 4 aromatic rings. The van der Waals surface area contributed by atoms with Gasteiger partial charge in [-0.2, -0.15) is 0 Å². The second kappa shape index (κ2) is 14.1. The molecule has 0 unspecified atom stereocenters. The summed E-state index contributed by atoms with van der Waals surface area (Å²) in [6.45, 7) is 0. The standard InChI is InChI=1S/C24H17N11O14/c25-24(28-14-4-1-13(2-5-14)3-6-15-11-26-12-27-15)35(48-22-18(31(40)41)7-16(29(36)37)8-19(22)32(42)43)49-23-20(33(44)45)9-17(30(38)39)10-21(23)34(46)47/h1-2,4-5,7-12H,3,6H2,(H2,25,28)(H,26,27). The van der Waals surface area contributed by atoms with Crippen molar-refractivity contribution in [3.8, 4) is 11.5 Å². The van der Waals surface area contributed by atoms with Crippen LogP contribution in [0.1, 0.15) is 11.3 Å². The average molecular weight is 683 g/mol. The highest BCUT2D eigenvalue weighted by Gasteiger charge is 2.39. The summed E-state index contributed by atoms with van der Waals surface area (Å²) in [5.41, 5.74) is -0.226. The van der Waals surface area contributed by atoms with Gasteiger partial charge in [-0.1, -0.05) is 12.1 Å². The van der Waals surface area contributed by atoms with Gasteiger partial charge in [0.2, 0.25) is 0 Å². The zero-order valence-electron chi connectivity index (χ0n) is 24.0. The van der Waals surface area contributed by atoms with Crippen molar-refractivity contribution in [1.29, 1.82) is 0 Å². The summed E-state index contributed by atoms with van der Waals surface area (Å²) in [6.07, 6.45) is 4.26. The third-order valence-electron chi connectivity index (χ3n) is 6.23. The second-order valence-electron chi connectivity index (χ2n) is 9.32. The van der Waals surface area contributed by atoms with Crippen LogP contribution < -0.4 is 15.4 Å². The number of benzene rings is 3. The third kappa shape index (κ3) is 7.87. The molecule has 0 radical (unpaired) electrons. The van der Waals surface area contributed by atoms with E-state index in [4.69, 9.17) is 15.4 Å². The predicted molar refractivity (Wildman–Crippen MR) is 160 cm³/mol. The largest absolute Gasteiger partial charge is 0.364 e. The van der Waals surface area contributed by atoms with Crippen molar-refractivity contribution in [2.24, 2.45) is 10.7 Å². The molecule has 25 heteroatoms. The molecule has 3 aromatic carbocycles. The van der Waals surface area contributed by atoms with Gasteiger partial charge in [0.25, 0.3) is 17.3 Å². The average Bonchev–Trinajstić information content (AvgIpc) is 3.57. The SMILES string of the molecule is NC(=Nc1ccc(CCc2cnc[nH]2)cc1)N(Oc1c([N+](=O)[O-])cc([N+](=O)[O-])cc1[N+](=O)[O-])Oc1c([N+](=O)[O-])cc([N+](=O)[O-])cc1[N+](=O)[O-]. The number of guanidine groups is 1. The number of imidazole rings is 1. The Kier molecular flexibility index (Phi) is 9.76. The number of nitro groups is 6. The minimum absolute atomic E-state index is 0.000359. The van der Waals surface area contributed by atoms with Gasteiger partial charge in [0.15, 0.2) is 0 Å². The van der Waals surface area contributed by atoms with Crippen molar-refractivity contribution in [2.45, 2.75) is 12.8 Å². The molecule has 1 aromatic heterocycles.